The van der Waals surface area contributed by atoms with E-state index in [9.17, 15) is 8.42 Å². The molecule has 0 amide bonds. The molecule has 0 bridgehead atoms. The van der Waals surface area contributed by atoms with Gasteiger partial charge < -0.3 is 19.0 Å². The number of methoxy groups -OCH3 is 1. The van der Waals surface area contributed by atoms with Crippen molar-refractivity contribution in [2.24, 2.45) is 0 Å². The molecule has 1 N–H and O–H groups in total. The van der Waals surface area contributed by atoms with Crippen molar-refractivity contribution in [3.8, 4) is 23.0 Å². The molecule has 0 fully saturated rings. The quantitative estimate of drug-likeness (QED) is 0.226. The van der Waals surface area contributed by atoms with E-state index in [0.29, 0.717) is 16.8 Å². The lowest BCUT2D eigenvalue weighted by Gasteiger charge is -2.15. The highest BCUT2D eigenvalue weighted by Gasteiger charge is 2.22. The van der Waals surface area contributed by atoms with E-state index in [1.54, 1.807) is 24.3 Å². The third-order valence-electron chi connectivity index (χ3n) is 5.12. The second-order valence-corrected chi connectivity index (χ2v) is 10.2. The second-order valence-electron chi connectivity index (χ2n) is 7.75. The molecule has 0 radical (unpaired) electrons. The zero-order valence-electron chi connectivity index (χ0n) is 19.2. The van der Waals surface area contributed by atoms with Crippen LogP contribution in [0.25, 0.3) is 0 Å². The summed E-state index contributed by atoms with van der Waals surface area (Å²) in [6.07, 6.45) is 0. The van der Waals surface area contributed by atoms with Gasteiger partial charge in [0.1, 0.15) is 16.4 Å². The van der Waals surface area contributed by atoms with Crippen LogP contribution < -0.4 is 19.0 Å². The average molecular weight is 554 g/mol. The molecule has 0 heterocycles. The molecule has 8 heteroatoms. The topological polar surface area (TPSA) is 73.9 Å². The molecule has 4 rings (SSSR count). The lowest BCUT2D eigenvalue weighted by Crippen LogP contribution is -2.11. The molecule has 6 nitrogen and oxygen atoms in total. The molecule has 0 spiro atoms. The number of para-hydroxylation sites is 1. The molecular formula is C27H24BrNO5S. The summed E-state index contributed by atoms with van der Waals surface area (Å²) in [4.78, 5) is 0.0717. The van der Waals surface area contributed by atoms with Crippen LogP contribution in [0, 0.1) is 6.92 Å². The summed E-state index contributed by atoms with van der Waals surface area (Å²) >= 11 is 3.43. The van der Waals surface area contributed by atoms with Crippen LogP contribution >= 0.6 is 15.9 Å². The Labute approximate surface area is 213 Å². The van der Waals surface area contributed by atoms with Gasteiger partial charge in [0.25, 0.3) is 0 Å². The number of ether oxygens (including phenoxy) is 2. The fraction of sp³-hybridized carbons (Fsp3) is 0.111. The van der Waals surface area contributed by atoms with Crippen molar-refractivity contribution in [1.82, 2.24) is 0 Å². The Kier molecular flexibility index (Phi) is 7.63. The zero-order chi connectivity index (χ0) is 24.8. The Balaban J connectivity index is 1.45. The van der Waals surface area contributed by atoms with Crippen molar-refractivity contribution < 1.29 is 22.1 Å². The number of benzene rings is 4. The molecule has 4 aromatic carbocycles. The first-order chi connectivity index (χ1) is 16.8. The van der Waals surface area contributed by atoms with Gasteiger partial charge in [-0.1, -0.05) is 35.9 Å². The van der Waals surface area contributed by atoms with E-state index in [1.165, 1.54) is 19.2 Å². The van der Waals surface area contributed by atoms with Gasteiger partial charge in [-0.2, -0.15) is 8.42 Å². The van der Waals surface area contributed by atoms with Crippen LogP contribution in [0.3, 0.4) is 0 Å². The summed E-state index contributed by atoms with van der Waals surface area (Å²) < 4.78 is 42.6. The molecule has 35 heavy (non-hydrogen) atoms. The van der Waals surface area contributed by atoms with Crippen molar-refractivity contribution in [2.45, 2.75) is 18.4 Å². The number of hydrogen-bond donors (Lipinski definition) is 1. The molecule has 0 unspecified atom stereocenters. The average Bonchev–Trinajstić information content (AvgIpc) is 2.86. The van der Waals surface area contributed by atoms with Crippen molar-refractivity contribution in [3.05, 3.63) is 107 Å². The molecule has 4 aromatic rings. The predicted molar refractivity (Wildman–Crippen MR) is 140 cm³/mol. The van der Waals surface area contributed by atoms with Crippen molar-refractivity contribution in [2.75, 3.05) is 12.4 Å². The largest absolute Gasteiger partial charge is 0.493 e. The lowest BCUT2D eigenvalue weighted by atomic mass is 10.2. The van der Waals surface area contributed by atoms with Crippen LogP contribution in [0.1, 0.15) is 11.1 Å². The van der Waals surface area contributed by atoms with Crippen molar-refractivity contribution >= 4 is 31.7 Å². The first kappa shape index (κ1) is 24.6. The smallest absolute Gasteiger partial charge is 0.339 e. The summed E-state index contributed by atoms with van der Waals surface area (Å²) in [6.45, 7) is 2.37. The van der Waals surface area contributed by atoms with Gasteiger partial charge in [-0.15, -0.1) is 0 Å². The highest BCUT2D eigenvalue weighted by molar-refractivity contribution is 9.10. The third kappa shape index (κ3) is 6.35. The fourth-order valence-electron chi connectivity index (χ4n) is 3.29. The van der Waals surface area contributed by atoms with E-state index in [4.69, 9.17) is 13.7 Å². The Morgan fingerprint density at radius 3 is 2.17 bits per heavy atom. The van der Waals surface area contributed by atoms with Gasteiger partial charge in [0.2, 0.25) is 0 Å². The Morgan fingerprint density at radius 2 is 1.51 bits per heavy atom. The first-order valence-electron chi connectivity index (χ1n) is 10.8. The lowest BCUT2D eigenvalue weighted by molar-refractivity contribution is 0.389. The number of anilines is 1. The van der Waals surface area contributed by atoms with Crippen LogP contribution in [0.4, 0.5) is 5.69 Å². The van der Waals surface area contributed by atoms with Crippen LogP contribution in [-0.2, 0) is 16.7 Å². The Bertz CT molecular complexity index is 1390. The normalized spacial score (nSPS) is 11.1. The highest BCUT2D eigenvalue weighted by Crippen LogP contribution is 2.38. The standard InChI is InChI=1S/C27H24BrNO5S/c1-19-8-14-24(15-9-19)35(30,31)34-27-25(28)16-20(17-26(27)32-2)18-29-21-10-12-23(13-11-21)33-22-6-4-3-5-7-22/h3-17,29H,18H2,1-2H3. The highest BCUT2D eigenvalue weighted by atomic mass is 79.9. The van der Waals surface area contributed by atoms with E-state index in [2.05, 4.69) is 21.2 Å². The molecule has 0 aliphatic heterocycles. The number of aryl methyl sites for hydroxylation is 1. The fourth-order valence-corrected chi connectivity index (χ4v) is 4.92. The maximum atomic E-state index is 12.8. The van der Waals surface area contributed by atoms with Gasteiger partial charge >= 0.3 is 10.1 Å². The van der Waals surface area contributed by atoms with Gasteiger partial charge in [-0.25, -0.2) is 0 Å². The number of rotatable bonds is 9. The first-order valence-corrected chi connectivity index (χ1v) is 13.0. The maximum absolute atomic E-state index is 12.8. The van der Waals surface area contributed by atoms with Crippen LogP contribution in [0.15, 0.2) is 100 Å². The van der Waals surface area contributed by atoms with Crippen molar-refractivity contribution in [3.63, 3.8) is 0 Å². The molecule has 0 saturated carbocycles. The van der Waals surface area contributed by atoms with E-state index in [0.717, 1.165) is 28.3 Å². The maximum Gasteiger partial charge on any atom is 0.339 e. The summed E-state index contributed by atoms with van der Waals surface area (Å²) in [5.41, 5.74) is 2.74. The molecule has 0 aromatic heterocycles. The number of halogens is 1. The summed E-state index contributed by atoms with van der Waals surface area (Å²) in [6, 6.07) is 27.2. The Morgan fingerprint density at radius 1 is 0.857 bits per heavy atom. The van der Waals surface area contributed by atoms with Gasteiger partial charge in [0, 0.05) is 12.2 Å². The second kappa shape index (κ2) is 10.8. The van der Waals surface area contributed by atoms with Crippen LogP contribution in [0.5, 0.6) is 23.0 Å². The molecule has 0 aliphatic carbocycles. The minimum Gasteiger partial charge on any atom is -0.493 e. The van der Waals surface area contributed by atoms with Gasteiger partial charge in [-0.05, 0) is 89.1 Å². The van der Waals surface area contributed by atoms with E-state index in [-0.39, 0.29) is 10.6 Å². The van der Waals surface area contributed by atoms with E-state index in [1.807, 2.05) is 61.5 Å². The van der Waals surface area contributed by atoms with Crippen LogP contribution in [0.2, 0.25) is 0 Å². The minimum atomic E-state index is -4.02. The zero-order valence-corrected chi connectivity index (χ0v) is 21.6. The summed E-state index contributed by atoms with van der Waals surface area (Å²) in [5, 5.41) is 3.34. The number of nitrogens with one attached hydrogen (secondary N) is 1. The van der Waals surface area contributed by atoms with E-state index < -0.39 is 10.1 Å². The molecule has 0 aliphatic rings. The van der Waals surface area contributed by atoms with Gasteiger partial charge in [0.15, 0.2) is 11.5 Å². The molecule has 0 saturated heterocycles. The summed E-state index contributed by atoms with van der Waals surface area (Å²) in [7, 11) is -2.55. The van der Waals surface area contributed by atoms with Crippen molar-refractivity contribution in [1.29, 1.82) is 0 Å². The van der Waals surface area contributed by atoms with Gasteiger partial charge in [0.05, 0.1) is 11.6 Å². The van der Waals surface area contributed by atoms with E-state index >= 15 is 0 Å². The third-order valence-corrected chi connectivity index (χ3v) is 6.95. The number of hydrogen-bond acceptors (Lipinski definition) is 6. The van der Waals surface area contributed by atoms with Gasteiger partial charge in [-0.3, -0.25) is 0 Å². The molecule has 0 atom stereocenters. The Hall–Kier alpha value is -3.49. The monoisotopic (exact) mass is 553 g/mol. The molecule has 180 valence electrons. The molecular weight excluding hydrogens is 530 g/mol. The minimum absolute atomic E-state index is 0.0717. The summed E-state index contributed by atoms with van der Waals surface area (Å²) in [5.74, 6) is 1.91. The van der Waals surface area contributed by atoms with Crippen LogP contribution in [-0.4, -0.2) is 15.5 Å². The SMILES string of the molecule is COc1cc(CNc2ccc(Oc3ccccc3)cc2)cc(Br)c1OS(=O)(=O)c1ccc(C)cc1. The predicted octanol–water partition coefficient (Wildman–Crippen LogP) is 6.94.